The van der Waals surface area contributed by atoms with Gasteiger partial charge in [-0.1, -0.05) is 27.7 Å². The lowest BCUT2D eigenvalue weighted by molar-refractivity contribution is 0.182. The topological polar surface area (TPSA) is 44.4 Å². The molecule has 0 aromatic carbocycles. The van der Waals surface area contributed by atoms with Gasteiger partial charge in [0.05, 0.1) is 0 Å². The molecule has 0 spiro atoms. The average Bonchev–Trinajstić information content (AvgIpc) is 2.24. The fourth-order valence-corrected chi connectivity index (χ4v) is 2.24. The molecule has 114 valence electrons. The van der Waals surface area contributed by atoms with E-state index in [-0.39, 0.29) is 11.6 Å². The molecule has 4 heteroatoms. The van der Waals surface area contributed by atoms with Crippen LogP contribution in [0.1, 0.15) is 54.9 Å². The number of amides is 2. The molecule has 0 saturated heterocycles. The van der Waals surface area contributed by atoms with Crippen molar-refractivity contribution in [1.29, 1.82) is 0 Å². The Morgan fingerprint density at radius 3 is 2.05 bits per heavy atom. The van der Waals surface area contributed by atoms with Crippen LogP contribution in [0.4, 0.5) is 4.79 Å². The molecular weight excluding hydrogens is 238 g/mol. The fourth-order valence-electron chi connectivity index (χ4n) is 2.24. The molecule has 19 heavy (non-hydrogen) atoms. The molecule has 1 unspecified atom stereocenters. The maximum atomic E-state index is 11.8. The van der Waals surface area contributed by atoms with Gasteiger partial charge in [0, 0.05) is 18.1 Å². The van der Waals surface area contributed by atoms with Crippen LogP contribution in [-0.2, 0) is 0 Å². The number of carbonyl (C=O) groups excluding carboxylic acids is 1. The lowest BCUT2D eigenvalue weighted by Crippen LogP contribution is -2.51. The molecule has 0 aromatic heterocycles. The minimum atomic E-state index is -0.188. The van der Waals surface area contributed by atoms with E-state index in [4.69, 9.17) is 0 Å². The summed E-state index contributed by atoms with van der Waals surface area (Å²) in [5, 5.41) is 5.94. The van der Waals surface area contributed by atoms with E-state index < -0.39 is 0 Å². The zero-order valence-electron chi connectivity index (χ0n) is 13.8. The van der Waals surface area contributed by atoms with Crippen LogP contribution in [0.3, 0.4) is 0 Å². The summed E-state index contributed by atoms with van der Waals surface area (Å²) in [5.74, 6) is 0.637. The van der Waals surface area contributed by atoms with Gasteiger partial charge in [-0.05, 0) is 46.2 Å². The third-order valence-electron chi connectivity index (χ3n) is 3.06. The van der Waals surface area contributed by atoms with E-state index in [0.717, 1.165) is 19.5 Å². The first-order valence-corrected chi connectivity index (χ1v) is 7.49. The Kier molecular flexibility index (Phi) is 8.07. The number of carbonyl (C=O) groups is 1. The van der Waals surface area contributed by atoms with Crippen LogP contribution in [0.2, 0.25) is 0 Å². The van der Waals surface area contributed by atoms with Crippen molar-refractivity contribution in [3.63, 3.8) is 0 Å². The zero-order chi connectivity index (χ0) is 15.1. The standard InChI is InChI=1S/C15H33N3O/c1-8-18(9-2)13(10-12(3)4)11-16-14(19)17-15(5,6)7/h12-13H,8-11H2,1-7H3,(H2,16,17,19). The molecule has 4 nitrogen and oxygen atoms in total. The van der Waals surface area contributed by atoms with Gasteiger partial charge in [0.15, 0.2) is 0 Å². The molecule has 0 aliphatic carbocycles. The highest BCUT2D eigenvalue weighted by Gasteiger charge is 2.19. The molecule has 0 heterocycles. The quantitative estimate of drug-likeness (QED) is 0.748. The van der Waals surface area contributed by atoms with E-state index in [2.05, 4.69) is 43.2 Å². The molecule has 0 aliphatic heterocycles. The number of likely N-dealkylation sites (N-methyl/N-ethyl adjacent to an activating group) is 1. The summed E-state index contributed by atoms with van der Waals surface area (Å²) in [7, 11) is 0. The van der Waals surface area contributed by atoms with Gasteiger partial charge in [-0.2, -0.15) is 0 Å². The number of hydrogen-bond acceptors (Lipinski definition) is 2. The smallest absolute Gasteiger partial charge is 0.315 e. The first-order chi connectivity index (χ1) is 8.69. The van der Waals surface area contributed by atoms with Crippen LogP contribution >= 0.6 is 0 Å². The highest BCUT2D eigenvalue weighted by Crippen LogP contribution is 2.11. The van der Waals surface area contributed by atoms with E-state index in [1.165, 1.54) is 0 Å². The fraction of sp³-hybridized carbons (Fsp3) is 0.933. The molecule has 0 saturated carbocycles. The van der Waals surface area contributed by atoms with Crippen LogP contribution in [-0.4, -0.2) is 42.1 Å². The first kappa shape index (κ1) is 18.2. The molecule has 0 aromatic rings. The van der Waals surface area contributed by atoms with E-state index in [1.807, 2.05) is 20.8 Å². The predicted octanol–water partition coefficient (Wildman–Crippen LogP) is 2.84. The third kappa shape index (κ3) is 8.87. The normalized spacial score (nSPS) is 13.7. The number of rotatable bonds is 7. The van der Waals surface area contributed by atoms with Gasteiger partial charge < -0.3 is 10.6 Å². The molecular formula is C15H33N3O. The second kappa shape index (κ2) is 8.41. The molecule has 2 amide bonds. The highest BCUT2D eigenvalue weighted by atomic mass is 16.2. The second-order valence-corrected chi connectivity index (χ2v) is 6.59. The molecule has 0 aliphatic rings. The Balaban J connectivity index is 4.37. The van der Waals surface area contributed by atoms with Crippen molar-refractivity contribution in [1.82, 2.24) is 15.5 Å². The summed E-state index contributed by atoms with van der Waals surface area (Å²) in [6, 6.07) is 0.342. The van der Waals surface area contributed by atoms with Crippen molar-refractivity contribution in [2.75, 3.05) is 19.6 Å². The minimum absolute atomic E-state index is 0.0755. The van der Waals surface area contributed by atoms with Crippen LogP contribution in [0.5, 0.6) is 0 Å². The first-order valence-electron chi connectivity index (χ1n) is 7.49. The largest absolute Gasteiger partial charge is 0.337 e. The number of nitrogens with one attached hydrogen (secondary N) is 2. The van der Waals surface area contributed by atoms with Crippen molar-refractivity contribution >= 4 is 6.03 Å². The van der Waals surface area contributed by atoms with Crippen molar-refractivity contribution in [3.8, 4) is 0 Å². The lowest BCUT2D eigenvalue weighted by Gasteiger charge is -2.31. The molecule has 0 fully saturated rings. The average molecular weight is 271 g/mol. The Hall–Kier alpha value is -0.770. The molecule has 0 radical (unpaired) electrons. The van der Waals surface area contributed by atoms with Gasteiger partial charge in [0.2, 0.25) is 0 Å². The Morgan fingerprint density at radius 2 is 1.68 bits per heavy atom. The Bertz CT molecular complexity index is 255. The summed E-state index contributed by atoms with van der Waals surface area (Å²) >= 11 is 0. The summed E-state index contributed by atoms with van der Waals surface area (Å²) in [5.41, 5.74) is -0.188. The van der Waals surface area contributed by atoms with Crippen molar-refractivity contribution < 1.29 is 4.79 Å². The Labute approximate surface area is 119 Å². The number of nitrogens with zero attached hydrogens (tertiary/aromatic N) is 1. The van der Waals surface area contributed by atoms with Crippen LogP contribution in [0, 0.1) is 5.92 Å². The number of urea groups is 1. The van der Waals surface area contributed by atoms with Gasteiger partial charge in [-0.3, -0.25) is 4.90 Å². The minimum Gasteiger partial charge on any atom is -0.337 e. The van der Waals surface area contributed by atoms with Gasteiger partial charge >= 0.3 is 6.03 Å². The van der Waals surface area contributed by atoms with E-state index in [9.17, 15) is 4.79 Å². The van der Waals surface area contributed by atoms with Crippen molar-refractivity contribution in [2.45, 2.75) is 66.5 Å². The maximum Gasteiger partial charge on any atom is 0.315 e. The highest BCUT2D eigenvalue weighted by molar-refractivity contribution is 5.74. The molecule has 1 atom stereocenters. The zero-order valence-corrected chi connectivity index (χ0v) is 13.8. The molecule has 0 bridgehead atoms. The summed E-state index contributed by atoms with van der Waals surface area (Å²) in [4.78, 5) is 14.2. The van der Waals surface area contributed by atoms with E-state index >= 15 is 0 Å². The van der Waals surface area contributed by atoms with Gasteiger partial charge in [0.25, 0.3) is 0 Å². The van der Waals surface area contributed by atoms with Crippen LogP contribution in [0.15, 0.2) is 0 Å². The predicted molar refractivity (Wildman–Crippen MR) is 82.5 cm³/mol. The van der Waals surface area contributed by atoms with Gasteiger partial charge in [-0.25, -0.2) is 4.79 Å². The van der Waals surface area contributed by atoms with Crippen molar-refractivity contribution in [3.05, 3.63) is 0 Å². The third-order valence-corrected chi connectivity index (χ3v) is 3.06. The number of hydrogen-bond donors (Lipinski definition) is 2. The van der Waals surface area contributed by atoms with Crippen molar-refractivity contribution in [2.24, 2.45) is 5.92 Å². The maximum absolute atomic E-state index is 11.8. The summed E-state index contributed by atoms with van der Waals surface area (Å²) < 4.78 is 0. The monoisotopic (exact) mass is 271 g/mol. The summed E-state index contributed by atoms with van der Waals surface area (Å²) in [6.07, 6.45) is 1.11. The van der Waals surface area contributed by atoms with Gasteiger partial charge in [0.1, 0.15) is 0 Å². The SMILES string of the molecule is CCN(CC)C(CNC(=O)NC(C)(C)C)CC(C)C. The molecule has 0 rings (SSSR count). The van der Waals surface area contributed by atoms with E-state index in [0.29, 0.717) is 18.5 Å². The van der Waals surface area contributed by atoms with Crippen LogP contribution < -0.4 is 10.6 Å². The van der Waals surface area contributed by atoms with Crippen LogP contribution in [0.25, 0.3) is 0 Å². The van der Waals surface area contributed by atoms with Gasteiger partial charge in [-0.15, -0.1) is 0 Å². The summed E-state index contributed by atoms with van der Waals surface area (Å²) in [6.45, 7) is 17.5. The molecule has 2 N–H and O–H groups in total. The van der Waals surface area contributed by atoms with E-state index in [1.54, 1.807) is 0 Å². The Morgan fingerprint density at radius 1 is 1.16 bits per heavy atom. The second-order valence-electron chi connectivity index (χ2n) is 6.59. The lowest BCUT2D eigenvalue weighted by atomic mass is 10.0.